The number of hydrogen-bond acceptors (Lipinski definition) is 2. The molecular formula is C30H30N2O2. The quantitative estimate of drug-likeness (QED) is 0.343. The summed E-state index contributed by atoms with van der Waals surface area (Å²) < 4.78 is 0. The molecule has 2 N–H and O–H groups in total. The molecule has 0 bridgehead atoms. The highest BCUT2D eigenvalue weighted by atomic mass is 16.2. The molecular weight excluding hydrogens is 420 g/mol. The molecule has 0 saturated heterocycles. The lowest BCUT2D eigenvalue weighted by Crippen LogP contribution is -2.48. The van der Waals surface area contributed by atoms with E-state index in [1.54, 1.807) is 6.07 Å². The van der Waals surface area contributed by atoms with E-state index in [0.717, 1.165) is 34.7 Å². The molecule has 0 aromatic heterocycles. The number of carbonyl (C=O) groups excluding carboxylic acids is 2. The van der Waals surface area contributed by atoms with Crippen molar-refractivity contribution in [3.8, 4) is 0 Å². The average Bonchev–Trinajstić information content (AvgIpc) is 2.87. The van der Waals surface area contributed by atoms with Gasteiger partial charge in [0.2, 0.25) is 5.91 Å². The molecule has 4 heteroatoms. The molecule has 4 aromatic carbocycles. The molecule has 0 fully saturated rings. The number of rotatable bonds is 9. The predicted octanol–water partition coefficient (Wildman–Crippen LogP) is 5.24. The molecule has 0 spiro atoms. The summed E-state index contributed by atoms with van der Waals surface area (Å²) in [5, 5.41) is 7.89. The van der Waals surface area contributed by atoms with Crippen molar-refractivity contribution in [3.05, 3.63) is 119 Å². The van der Waals surface area contributed by atoms with Crippen LogP contribution in [0.4, 0.5) is 0 Å². The lowest BCUT2D eigenvalue weighted by atomic mass is 10.0. The molecule has 34 heavy (non-hydrogen) atoms. The number of nitrogens with one attached hydrogen (secondary N) is 2. The van der Waals surface area contributed by atoms with Crippen molar-refractivity contribution in [3.63, 3.8) is 0 Å². The topological polar surface area (TPSA) is 58.2 Å². The van der Waals surface area contributed by atoms with Gasteiger partial charge in [-0.25, -0.2) is 0 Å². The van der Waals surface area contributed by atoms with Gasteiger partial charge in [0, 0.05) is 18.5 Å². The molecule has 0 aliphatic carbocycles. The molecule has 2 amide bonds. The molecule has 4 rings (SSSR count). The first-order valence-corrected chi connectivity index (χ1v) is 11.8. The molecule has 172 valence electrons. The SMILES string of the molecule is Cc1ccc(C[C@H](NC(=O)c2cccc3ccccc23)C(=O)NCCCc2ccccc2)cc1. The largest absolute Gasteiger partial charge is 0.354 e. The Hall–Kier alpha value is -3.92. The fourth-order valence-corrected chi connectivity index (χ4v) is 4.10. The second kappa shape index (κ2) is 11.3. The van der Waals surface area contributed by atoms with Gasteiger partial charge in [-0.3, -0.25) is 9.59 Å². The number of hydrogen-bond donors (Lipinski definition) is 2. The Labute approximate surface area is 201 Å². The fourth-order valence-electron chi connectivity index (χ4n) is 4.10. The number of carbonyl (C=O) groups is 2. The Balaban J connectivity index is 1.46. The maximum Gasteiger partial charge on any atom is 0.252 e. The van der Waals surface area contributed by atoms with Crippen LogP contribution in [0.3, 0.4) is 0 Å². The van der Waals surface area contributed by atoms with Crippen LogP contribution >= 0.6 is 0 Å². The summed E-state index contributed by atoms with van der Waals surface area (Å²) in [5.41, 5.74) is 3.99. The zero-order chi connectivity index (χ0) is 23.8. The number of fused-ring (bicyclic) bond motifs is 1. The van der Waals surface area contributed by atoms with Gasteiger partial charge in [-0.15, -0.1) is 0 Å². The lowest BCUT2D eigenvalue weighted by molar-refractivity contribution is -0.122. The summed E-state index contributed by atoms with van der Waals surface area (Å²) in [6.45, 7) is 2.59. The van der Waals surface area contributed by atoms with Gasteiger partial charge in [-0.1, -0.05) is 96.6 Å². The van der Waals surface area contributed by atoms with Gasteiger partial charge in [0.1, 0.15) is 6.04 Å². The summed E-state index contributed by atoms with van der Waals surface area (Å²) >= 11 is 0. The highest BCUT2D eigenvalue weighted by molar-refractivity contribution is 6.08. The molecule has 0 saturated carbocycles. The van der Waals surface area contributed by atoms with Crippen LogP contribution in [0, 0.1) is 6.92 Å². The van der Waals surface area contributed by atoms with Crippen LogP contribution in [0.1, 0.15) is 33.5 Å². The third-order valence-electron chi connectivity index (χ3n) is 6.00. The second-order valence-electron chi connectivity index (χ2n) is 8.62. The van der Waals surface area contributed by atoms with E-state index in [0.29, 0.717) is 18.5 Å². The zero-order valence-electron chi connectivity index (χ0n) is 19.5. The summed E-state index contributed by atoms with van der Waals surface area (Å²) in [6, 6.07) is 31.1. The molecule has 1 atom stereocenters. The maximum absolute atomic E-state index is 13.2. The van der Waals surface area contributed by atoms with Gasteiger partial charge < -0.3 is 10.6 Å². The highest BCUT2D eigenvalue weighted by Gasteiger charge is 2.22. The second-order valence-corrected chi connectivity index (χ2v) is 8.62. The predicted molar refractivity (Wildman–Crippen MR) is 138 cm³/mol. The average molecular weight is 451 g/mol. The lowest BCUT2D eigenvalue weighted by Gasteiger charge is -2.19. The van der Waals surface area contributed by atoms with E-state index in [9.17, 15) is 9.59 Å². The number of benzene rings is 4. The first-order chi connectivity index (χ1) is 16.6. The Morgan fingerprint density at radius 2 is 1.47 bits per heavy atom. The van der Waals surface area contributed by atoms with Gasteiger partial charge in [0.25, 0.3) is 5.91 Å². The van der Waals surface area contributed by atoms with E-state index in [-0.39, 0.29) is 11.8 Å². The normalized spacial score (nSPS) is 11.7. The van der Waals surface area contributed by atoms with Crippen molar-refractivity contribution in [2.45, 2.75) is 32.2 Å². The van der Waals surface area contributed by atoms with Gasteiger partial charge >= 0.3 is 0 Å². The number of aryl methyl sites for hydroxylation is 2. The molecule has 0 aliphatic heterocycles. The first-order valence-electron chi connectivity index (χ1n) is 11.8. The Morgan fingerprint density at radius 3 is 2.26 bits per heavy atom. The summed E-state index contributed by atoms with van der Waals surface area (Å²) in [4.78, 5) is 26.4. The van der Waals surface area contributed by atoms with E-state index in [1.807, 2.05) is 85.8 Å². The van der Waals surface area contributed by atoms with E-state index in [4.69, 9.17) is 0 Å². The van der Waals surface area contributed by atoms with Gasteiger partial charge in [0.15, 0.2) is 0 Å². The van der Waals surface area contributed by atoms with Gasteiger partial charge in [-0.2, -0.15) is 0 Å². The van der Waals surface area contributed by atoms with Gasteiger partial charge in [-0.05, 0) is 47.7 Å². The summed E-state index contributed by atoms with van der Waals surface area (Å²) in [5.74, 6) is -0.407. The molecule has 0 radical (unpaired) electrons. The van der Waals surface area contributed by atoms with Crippen LogP contribution in [-0.2, 0) is 17.6 Å². The standard InChI is InChI=1S/C30H30N2O2/c1-22-16-18-24(19-17-22)21-28(30(34)31-20-8-11-23-9-3-2-4-10-23)32-29(33)27-15-7-13-25-12-5-6-14-26(25)27/h2-7,9-10,12-19,28H,8,11,20-21H2,1H3,(H,31,34)(H,32,33)/t28-/m0/s1. The van der Waals surface area contributed by atoms with E-state index in [1.165, 1.54) is 5.56 Å². The van der Waals surface area contributed by atoms with E-state index < -0.39 is 6.04 Å². The third-order valence-corrected chi connectivity index (χ3v) is 6.00. The molecule has 0 aliphatic rings. The Morgan fingerprint density at radius 1 is 0.765 bits per heavy atom. The van der Waals surface area contributed by atoms with Crippen LogP contribution in [-0.4, -0.2) is 24.4 Å². The monoisotopic (exact) mass is 450 g/mol. The summed E-state index contributed by atoms with van der Waals surface area (Å²) in [6.07, 6.45) is 2.16. The molecule has 0 unspecified atom stereocenters. The van der Waals surface area contributed by atoms with E-state index >= 15 is 0 Å². The van der Waals surface area contributed by atoms with Crippen LogP contribution in [0.5, 0.6) is 0 Å². The molecule has 4 aromatic rings. The van der Waals surface area contributed by atoms with Crippen molar-refractivity contribution in [2.24, 2.45) is 0 Å². The third kappa shape index (κ3) is 6.10. The minimum Gasteiger partial charge on any atom is -0.354 e. The highest BCUT2D eigenvalue weighted by Crippen LogP contribution is 2.19. The Bertz CT molecular complexity index is 1240. The van der Waals surface area contributed by atoms with Crippen LogP contribution in [0.2, 0.25) is 0 Å². The fraction of sp³-hybridized carbons (Fsp3) is 0.200. The minimum absolute atomic E-state index is 0.165. The van der Waals surface area contributed by atoms with Crippen molar-refractivity contribution in [1.82, 2.24) is 10.6 Å². The summed E-state index contributed by atoms with van der Waals surface area (Å²) in [7, 11) is 0. The van der Waals surface area contributed by atoms with E-state index in [2.05, 4.69) is 22.8 Å². The maximum atomic E-state index is 13.2. The van der Waals surface area contributed by atoms with Crippen molar-refractivity contribution >= 4 is 22.6 Å². The number of amides is 2. The van der Waals surface area contributed by atoms with Crippen LogP contribution in [0.15, 0.2) is 97.1 Å². The molecule has 4 nitrogen and oxygen atoms in total. The van der Waals surface area contributed by atoms with Crippen LogP contribution < -0.4 is 10.6 Å². The first kappa shape index (κ1) is 23.2. The molecule has 0 heterocycles. The zero-order valence-corrected chi connectivity index (χ0v) is 19.5. The van der Waals surface area contributed by atoms with Crippen molar-refractivity contribution in [2.75, 3.05) is 6.54 Å². The van der Waals surface area contributed by atoms with Gasteiger partial charge in [0.05, 0.1) is 0 Å². The Kier molecular flexibility index (Phi) is 7.71. The smallest absolute Gasteiger partial charge is 0.252 e. The minimum atomic E-state index is -0.661. The van der Waals surface area contributed by atoms with Crippen LogP contribution in [0.25, 0.3) is 10.8 Å². The van der Waals surface area contributed by atoms with Crippen molar-refractivity contribution in [1.29, 1.82) is 0 Å². The van der Waals surface area contributed by atoms with Crippen molar-refractivity contribution < 1.29 is 9.59 Å².